The summed E-state index contributed by atoms with van der Waals surface area (Å²) in [5.74, 6) is -0.337. The summed E-state index contributed by atoms with van der Waals surface area (Å²) >= 11 is 11.5. The molecule has 1 heterocycles. The van der Waals surface area contributed by atoms with E-state index in [-0.39, 0.29) is 11.9 Å². The molecule has 0 aliphatic rings. The predicted molar refractivity (Wildman–Crippen MR) is 60.6 cm³/mol. The van der Waals surface area contributed by atoms with Crippen LogP contribution < -0.4 is 5.73 Å². The third kappa shape index (κ3) is 2.00. The molecule has 5 nitrogen and oxygen atoms in total. The fraction of sp³-hybridized carbons (Fsp3) is 0. The van der Waals surface area contributed by atoms with Crippen LogP contribution in [0.4, 0.5) is 5.95 Å². The van der Waals surface area contributed by atoms with Gasteiger partial charge in [-0.05, 0) is 18.2 Å². The van der Waals surface area contributed by atoms with Crippen LogP contribution in [0, 0.1) is 0 Å². The number of hydrogen-bond acceptors (Lipinski definition) is 4. The van der Waals surface area contributed by atoms with Gasteiger partial charge in [0.1, 0.15) is 6.33 Å². The molecule has 1 aromatic carbocycles. The van der Waals surface area contributed by atoms with Gasteiger partial charge in [-0.1, -0.05) is 23.2 Å². The fourth-order valence-corrected chi connectivity index (χ4v) is 1.43. The minimum atomic E-state index is -0.372. The summed E-state index contributed by atoms with van der Waals surface area (Å²) in [7, 11) is 0. The monoisotopic (exact) mass is 256 g/mol. The fourth-order valence-electron chi connectivity index (χ4n) is 1.14. The second kappa shape index (κ2) is 4.11. The number of aromatic nitrogens is 3. The van der Waals surface area contributed by atoms with Gasteiger partial charge in [-0.15, -0.1) is 5.10 Å². The van der Waals surface area contributed by atoms with Crippen molar-refractivity contribution in [2.75, 3.05) is 5.73 Å². The largest absolute Gasteiger partial charge is 0.366 e. The van der Waals surface area contributed by atoms with Crippen molar-refractivity contribution < 1.29 is 4.79 Å². The second-order valence-corrected chi connectivity index (χ2v) is 3.80. The number of carbonyl (C=O) groups excluding carboxylic acids is 1. The number of benzene rings is 1. The number of anilines is 1. The van der Waals surface area contributed by atoms with Gasteiger partial charge in [0.25, 0.3) is 5.91 Å². The molecule has 0 amide bonds. The van der Waals surface area contributed by atoms with Crippen LogP contribution in [0.3, 0.4) is 0 Å². The van der Waals surface area contributed by atoms with Crippen molar-refractivity contribution in [2.24, 2.45) is 0 Å². The first-order valence-electron chi connectivity index (χ1n) is 4.25. The third-order valence-corrected chi connectivity index (χ3v) is 2.62. The molecular formula is C9H6Cl2N4O. The van der Waals surface area contributed by atoms with Crippen molar-refractivity contribution in [1.29, 1.82) is 0 Å². The average molecular weight is 257 g/mol. The van der Waals surface area contributed by atoms with Gasteiger partial charge in [0.2, 0.25) is 5.95 Å². The Bertz CT molecular complexity index is 552. The quantitative estimate of drug-likeness (QED) is 0.846. The van der Waals surface area contributed by atoms with E-state index in [0.717, 1.165) is 4.68 Å². The van der Waals surface area contributed by atoms with E-state index >= 15 is 0 Å². The molecule has 16 heavy (non-hydrogen) atoms. The molecular weight excluding hydrogens is 251 g/mol. The van der Waals surface area contributed by atoms with Crippen LogP contribution in [-0.2, 0) is 0 Å². The van der Waals surface area contributed by atoms with E-state index in [0.29, 0.717) is 15.6 Å². The zero-order valence-corrected chi connectivity index (χ0v) is 9.40. The summed E-state index contributed by atoms with van der Waals surface area (Å²) in [4.78, 5) is 15.5. The lowest BCUT2D eigenvalue weighted by Crippen LogP contribution is -2.12. The number of rotatable bonds is 1. The lowest BCUT2D eigenvalue weighted by Gasteiger charge is -2.01. The summed E-state index contributed by atoms with van der Waals surface area (Å²) < 4.78 is 1.04. The molecule has 0 saturated carbocycles. The predicted octanol–water partition coefficient (Wildman–Crippen LogP) is 1.86. The second-order valence-electron chi connectivity index (χ2n) is 2.98. The first kappa shape index (κ1) is 10.9. The molecule has 0 fully saturated rings. The van der Waals surface area contributed by atoms with Crippen molar-refractivity contribution in [3.05, 3.63) is 40.1 Å². The molecule has 0 spiro atoms. The van der Waals surface area contributed by atoms with E-state index in [9.17, 15) is 4.79 Å². The Kier molecular flexibility index (Phi) is 2.80. The van der Waals surface area contributed by atoms with Crippen LogP contribution in [0.5, 0.6) is 0 Å². The van der Waals surface area contributed by atoms with Gasteiger partial charge in [-0.3, -0.25) is 4.79 Å². The zero-order chi connectivity index (χ0) is 11.7. The van der Waals surface area contributed by atoms with E-state index < -0.39 is 0 Å². The van der Waals surface area contributed by atoms with Gasteiger partial charge in [-0.2, -0.15) is 4.68 Å². The molecule has 0 saturated heterocycles. The minimum Gasteiger partial charge on any atom is -0.366 e. The number of halogens is 2. The Morgan fingerprint density at radius 2 is 2.06 bits per heavy atom. The molecule has 7 heteroatoms. The van der Waals surface area contributed by atoms with E-state index in [4.69, 9.17) is 28.9 Å². The molecule has 0 unspecified atom stereocenters. The van der Waals surface area contributed by atoms with E-state index in [1.807, 2.05) is 0 Å². The Morgan fingerprint density at radius 1 is 1.31 bits per heavy atom. The standard InChI is InChI=1S/C9H6Cl2N4O/c10-6-2-1-5(3-7(6)11)8(16)15-4-13-9(12)14-15/h1-4H,(H2,12,14). The topological polar surface area (TPSA) is 73.8 Å². The van der Waals surface area contributed by atoms with Crippen molar-refractivity contribution in [3.8, 4) is 0 Å². The highest BCUT2D eigenvalue weighted by atomic mass is 35.5. The molecule has 0 radical (unpaired) electrons. The Hall–Kier alpha value is -1.59. The Labute approximate surface area is 101 Å². The number of carbonyl (C=O) groups is 1. The normalized spacial score (nSPS) is 10.4. The molecule has 2 aromatic rings. The minimum absolute atomic E-state index is 0.0356. The van der Waals surface area contributed by atoms with Crippen molar-refractivity contribution in [1.82, 2.24) is 14.8 Å². The molecule has 0 aliphatic heterocycles. The van der Waals surface area contributed by atoms with Gasteiger partial charge >= 0.3 is 0 Å². The molecule has 1 aromatic heterocycles. The van der Waals surface area contributed by atoms with Crippen LogP contribution in [0.25, 0.3) is 0 Å². The maximum Gasteiger partial charge on any atom is 0.279 e. The van der Waals surface area contributed by atoms with Gasteiger partial charge in [0.05, 0.1) is 10.0 Å². The van der Waals surface area contributed by atoms with E-state index in [1.165, 1.54) is 18.5 Å². The summed E-state index contributed by atoms with van der Waals surface area (Å²) in [6, 6.07) is 4.55. The molecule has 0 aliphatic carbocycles. The highest BCUT2D eigenvalue weighted by Crippen LogP contribution is 2.22. The molecule has 82 valence electrons. The van der Waals surface area contributed by atoms with Gasteiger partial charge in [-0.25, -0.2) is 4.98 Å². The van der Waals surface area contributed by atoms with Crippen molar-refractivity contribution in [2.45, 2.75) is 0 Å². The number of nitrogens with two attached hydrogens (primary N) is 1. The van der Waals surface area contributed by atoms with Crippen molar-refractivity contribution in [3.63, 3.8) is 0 Å². The van der Waals surface area contributed by atoms with Crippen LogP contribution in [-0.4, -0.2) is 20.7 Å². The summed E-state index contributed by atoms with van der Waals surface area (Å²) in [5, 5.41) is 4.39. The summed E-state index contributed by atoms with van der Waals surface area (Å²) in [5.41, 5.74) is 5.67. The SMILES string of the molecule is Nc1ncn(C(=O)c2ccc(Cl)c(Cl)c2)n1. The van der Waals surface area contributed by atoms with E-state index in [2.05, 4.69) is 10.1 Å². The highest BCUT2D eigenvalue weighted by Gasteiger charge is 2.11. The number of nitrogens with zero attached hydrogens (tertiary/aromatic N) is 3. The molecule has 0 atom stereocenters. The van der Waals surface area contributed by atoms with Crippen LogP contribution in [0.1, 0.15) is 10.4 Å². The summed E-state index contributed by atoms with van der Waals surface area (Å²) in [6.45, 7) is 0. The van der Waals surface area contributed by atoms with Gasteiger partial charge < -0.3 is 5.73 Å². The van der Waals surface area contributed by atoms with Crippen LogP contribution in [0.15, 0.2) is 24.5 Å². The molecule has 0 bridgehead atoms. The van der Waals surface area contributed by atoms with Crippen LogP contribution in [0.2, 0.25) is 10.0 Å². The smallest absolute Gasteiger partial charge is 0.279 e. The lowest BCUT2D eigenvalue weighted by atomic mass is 10.2. The number of hydrogen-bond donors (Lipinski definition) is 1. The van der Waals surface area contributed by atoms with Gasteiger partial charge in [0.15, 0.2) is 0 Å². The summed E-state index contributed by atoms with van der Waals surface area (Å²) in [6.07, 6.45) is 1.24. The van der Waals surface area contributed by atoms with Crippen molar-refractivity contribution >= 4 is 35.1 Å². The highest BCUT2D eigenvalue weighted by molar-refractivity contribution is 6.42. The van der Waals surface area contributed by atoms with E-state index in [1.54, 1.807) is 6.07 Å². The lowest BCUT2D eigenvalue weighted by molar-refractivity contribution is 0.0945. The average Bonchev–Trinajstić information content (AvgIpc) is 2.68. The Balaban J connectivity index is 2.38. The Morgan fingerprint density at radius 3 is 2.62 bits per heavy atom. The zero-order valence-electron chi connectivity index (χ0n) is 7.89. The first-order valence-corrected chi connectivity index (χ1v) is 5.00. The van der Waals surface area contributed by atoms with Gasteiger partial charge in [0, 0.05) is 5.56 Å². The maximum absolute atomic E-state index is 11.8. The number of nitrogen functional groups attached to an aromatic ring is 1. The third-order valence-electron chi connectivity index (χ3n) is 1.88. The van der Waals surface area contributed by atoms with Crippen LogP contribution >= 0.6 is 23.2 Å². The first-order chi connectivity index (χ1) is 7.58. The maximum atomic E-state index is 11.8. The molecule has 2 N–H and O–H groups in total. The molecule has 2 rings (SSSR count).